The van der Waals surface area contributed by atoms with Gasteiger partial charge in [-0.2, -0.15) is 0 Å². The van der Waals surface area contributed by atoms with Gasteiger partial charge in [-0.15, -0.1) is 0 Å². The predicted octanol–water partition coefficient (Wildman–Crippen LogP) is 1.37. The molecule has 1 aliphatic heterocycles. The van der Waals surface area contributed by atoms with Crippen molar-refractivity contribution in [2.45, 2.75) is 45.6 Å². The number of carbonyl (C=O) groups excluding carboxylic acids is 4. The first kappa shape index (κ1) is 19.8. The Morgan fingerprint density at radius 3 is 2.50 bits per heavy atom. The molecule has 22 heavy (non-hydrogen) atoms. The van der Waals surface area contributed by atoms with Gasteiger partial charge >= 0.3 is 0 Å². The molecule has 1 N–H and O–H groups in total. The lowest BCUT2D eigenvalue weighted by Gasteiger charge is -2.29. The van der Waals surface area contributed by atoms with Gasteiger partial charge in [0.1, 0.15) is 12.3 Å². The van der Waals surface area contributed by atoms with Crippen LogP contribution < -0.4 is 5.32 Å². The molecule has 0 radical (unpaired) electrons. The third-order valence-electron chi connectivity index (χ3n) is 2.98. The molecule has 0 aromatic rings. The maximum atomic E-state index is 11.9. The third kappa shape index (κ3) is 6.97. The molecular weight excluding hydrogens is 284 g/mol. The molecule has 0 aromatic heterocycles. The van der Waals surface area contributed by atoms with E-state index in [1.807, 2.05) is 13.8 Å². The van der Waals surface area contributed by atoms with Gasteiger partial charge in [0.05, 0.1) is 0 Å². The molecule has 6 heteroatoms. The molecule has 0 spiro atoms. The monoisotopic (exact) mass is 308 g/mol. The van der Waals surface area contributed by atoms with Crippen molar-refractivity contribution in [2.75, 3.05) is 7.05 Å². The van der Waals surface area contributed by atoms with Crippen LogP contribution in [0.3, 0.4) is 0 Å². The number of allylic oxidation sites excluding steroid dienone is 3. The quantitative estimate of drug-likeness (QED) is 0.456. The summed E-state index contributed by atoms with van der Waals surface area (Å²) in [7, 11) is 1.55. The Morgan fingerprint density at radius 1 is 1.27 bits per heavy atom. The van der Waals surface area contributed by atoms with Gasteiger partial charge in [-0.25, -0.2) is 0 Å². The first-order valence-electron chi connectivity index (χ1n) is 7.41. The zero-order valence-corrected chi connectivity index (χ0v) is 13.4. The number of nitrogens with zero attached hydrogens (tertiary/aromatic N) is 1. The number of rotatable bonds is 6. The average molecular weight is 308 g/mol. The van der Waals surface area contributed by atoms with Crippen molar-refractivity contribution < 1.29 is 19.2 Å². The molecule has 1 atom stereocenters. The van der Waals surface area contributed by atoms with Crippen molar-refractivity contribution >= 4 is 24.0 Å². The second-order valence-corrected chi connectivity index (χ2v) is 4.43. The molecule has 1 fully saturated rings. The van der Waals surface area contributed by atoms with Crippen LogP contribution in [0.1, 0.15) is 39.5 Å². The van der Waals surface area contributed by atoms with Crippen molar-refractivity contribution in [3.63, 3.8) is 0 Å². The van der Waals surface area contributed by atoms with Gasteiger partial charge in [-0.3, -0.25) is 19.7 Å². The van der Waals surface area contributed by atoms with E-state index < -0.39 is 11.9 Å². The number of likely N-dealkylation sites (N-methyl/N-ethyl adjacent to an activating group) is 1. The lowest BCUT2D eigenvalue weighted by molar-refractivity contribution is -0.144. The molecule has 0 saturated carbocycles. The Kier molecular flexibility index (Phi) is 10.3. The molecule has 1 rings (SSSR count). The smallest absolute Gasteiger partial charge is 0.249 e. The number of imide groups is 1. The Morgan fingerprint density at radius 2 is 1.91 bits per heavy atom. The summed E-state index contributed by atoms with van der Waals surface area (Å²) >= 11 is 0. The number of hydrogen-bond donors (Lipinski definition) is 1. The van der Waals surface area contributed by atoms with Gasteiger partial charge in [0, 0.05) is 26.3 Å². The first-order chi connectivity index (χ1) is 10.6. The second kappa shape index (κ2) is 11.4. The number of amides is 3. The van der Waals surface area contributed by atoms with Gasteiger partial charge in [0.2, 0.25) is 17.7 Å². The Hall–Kier alpha value is -2.24. The summed E-state index contributed by atoms with van der Waals surface area (Å²) in [5.74, 6) is -0.918. The van der Waals surface area contributed by atoms with Gasteiger partial charge in [-0.1, -0.05) is 38.2 Å². The van der Waals surface area contributed by atoms with E-state index in [4.69, 9.17) is 0 Å². The molecule has 6 nitrogen and oxygen atoms in total. The van der Waals surface area contributed by atoms with Gasteiger partial charge in [0.15, 0.2) is 0 Å². The van der Waals surface area contributed by atoms with Crippen molar-refractivity contribution in [3.8, 4) is 0 Å². The summed E-state index contributed by atoms with van der Waals surface area (Å²) in [6.45, 7) is 4.00. The minimum absolute atomic E-state index is 0.166. The van der Waals surface area contributed by atoms with E-state index in [-0.39, 0.29) is 24.7 Å². The van der Waals surface area contributed by atoms with Crippen molar-refractivity contribution in [1.82, 2.24) is 10.2 Å². The Labute approximate surface area is 131 Å². The van der Waals surface area contributed by atoms with E-state index in [1.54, 1.807) is 31.4 Å². The molecule has 0 bridgehead atoms. The van der Waals surface area contributed by atoms with Crippen molar-refractivity contribution in [2.24, 2.45) is 0 Å². The molecular formula is C16H24N2O4. The maximum Gasteiger partial charge on any atom is 0.249 e. The number of carbonyl (C=O) groups is 4. The van der Waals surface area contributed by atoms with Crippen LogP contribution in [0.5, 0.6) is 0 Å². The van der Waals surface area contributed by atoms with Crippen LogP contribution in [0, 0.1) is 0 Å². The predicted molar refractivity (Wildman–Crippen MR) is 83.9 cm³/mol. The minimum Gasteiger partial charge on any atom is -0.333 e. The molecule has 3 amide bonds. The molecule has 122 valence electrons. The third-order valence-corrected chi connectivity index (χ3v) is 2.98. The summed E-state index contributed by atoms with van der Waals surface area (Å²) < 4.78 is 0. The van der Waals surface area contributed by atoms with Crippen LogP contribution in [0.15, 0.2) is 24.3 Å². The lowest BCUT2D eigenvalue weighted by atomic mass is 10.0. The standard InChI is InChI=1S/C14H18N2O4.C2H6/c1-16(11-8-9-12(18)15-14(11)20)13(19)7-5-3-2-4-6-10-17;1-2/h2-5,10-11H,6-9H2,1H3,(H,15,18,20);1-2H3/b4-2-,5-3-;. The average Bonchev–Trinajstić information content (AvgIpc) is 2.52. The number of nitrogens with one attached hydrogen (secondary N) is 1. The van der Waals surface area contributed by atoms with Crippen LogP contribution in [0.25, 0.3) is 0 Å². The van der Waals surface area contributed by atoms with Gasteiger partial charge in [0.25, 0.3) is 0 Å². The fourth-order valence-electron chi connectivity index (χ4n) is 1.83. The highest BCUT2D eigenvalue weighted by Crippen LogP contribution is 2.11. The van der Waals surface area contributed by atoms with Gasteiger partial charge < -0.3 is 9.69 Å². The number of aldehydes is 1. The van der Waals surface area contributed by atoms with Crippen molar-refractivity contribution in [3.05, 3.63) is 24.3 Å². The normalized spacial score (nSPS) is 17.9. The van der Waals surface area contributed by atoms with E-state index in [0.717, 1.165) is 6.29 Å². The molecule has 1 aliphatic rings. The van der Waals surface area contributed by atoms with Crippen LogP contribution >= 0.6 is 0 Å². The van der Waals surface area contributed by atoms with E-state index >= 15 is 0 Å². The van der Waals surface area contributed by atoms with E-state index in [0.29, 0.717) is 12.8 Å². The van der Waals surface area contributed by atoms with E-state index in [2.05, 4.69) is 5.32 Å². The van der Waals surface area contributed by atoms with E-state index in [9.17, 15) is 19.2 Å². The highest BCUT2D eigenvalue weighted by molar-refractivity contribution is 6.01. The molecule has 1 unspecified atom stereocenters. The second-order valence-electron chi connectivity index (χ2n) is 4.43. The molecule has 1 saturated heterocycles. The SMILES string of the molecule is CC.CN(C(=O)C/C=C\C=C/CC=O)C1CCC(=O)NC1=O. The van der Waals surface area contributed by atoms with Crippen molar-refractivity contribution in [1.29, 1.82) is 0 Å². The zero-order chi connectivity index (χ0) is 17.0. The Bertz CT molecular complexity index is 455. The maximum absolute atomic E-state index is 11.9. The summed E-state index contributed by atoms with van der Waals surface area (Å²) in [6.07, 6.45) is 8.60. The Balaban J connectivity index is 0.00000211. The molecule has 1 heterocycles. The largest absolute Gasteiger partial charge is 0.333 e. The van der Waals surface area contributed by atoms with Crippen LogP contribution in [0.2, 0.25) is 0 Å². The number of hydrogen-bond acceptors (Lipinski definition) is 4. The van der Waals surface area contributed by atoms with Gasteiger partial charge in [-0.05, 0) is 6.42 Å². The number of piperidine rings is 1. The topological polar surface area (TPSA) is 83.6 Å². The first-order valence-corrected chi connectivity index (χ1v) is 7.41. The highest BCUT2D eigenvalue weighted by atomic mass is 16.2. The highest BCUT2D eigenvalue weighted by Gasteiger charge is 2.31. The van der Waals surface area contributed by atoms with E-state index in [1.165, 1.54) is 4.90 Å². The van der Waals surface area contributed by atoms with Crippen LogP contribution in [-0.2, 0) is 19.2 Å². The summed E-state index contributed by atoms with van der Waals surface area (Å²) in [4.78, 5) is 46.0. The fraction of sp³-hybridized carbons (Fsp3) is 0.500. The fourth-order valence-corrected chi connectivity index (χ4v) is 1.83. The minimum atomic E-state index is -0.584. The van der Waals surface area contributed by atoms with Crippen LogP contribution in [0.4, 0.5) is 0 Å². The summed E-state index contributed by atoms with van der Waals surface area (Å²) in [5, 5.41) is 2.22. The summed E-state index contributed by atoms with van der Waals surface area (Å²) in [5.41, 5.74) is 0. The summed E-state index contributed by atoms with van der Waals surface area (Å²) in [6, 6.07) is -0.584. The van der Waals surface area contributed by atoms with Crippen LogP contribution in [-0.4, -0.2) is 42.0 Å². The lowest BCUT2D eigenvalue weighted by Crippen LogP contribution is -2.52. The molecule has 0 aliphatic carbocycles. The molecule has 0 aromatic carbocycles. The zero-order valence-electron chi connectivity index (χ0n) is 13.4.